The largest absolute Gasteiger partial charge is 0.0802 e. The van der Waals surface area contributed by atoms with Crippen LogP contribution in [0, 0.1) is 118 Å². The summed E-state index contributed by atoms with van der Waals surface area (Å²) < 4.78 is 0. The van der Waals surface area contributed by atoms with E-state index < -0.39 is 0 Å². The summed E-state index contributed by atoms with van der Waals surface area (Å²) in [6.45, 7) is 92.5. The summed E-state index contributed by atoms with van der Waals surface area (Å²) in [5, 5.41) is 0. The van der Waals surface area contributed by atoms with Crippen molar-refractivity contribution in [3.8, 4) is 0 Å². The molecule has 0 heterocycles. The summed E-state index contributed by atoms with van der Waals surface area (Å²) in [4.78, 5) is 0. The first kappa shape index (κ1) is 143. The fraction of sp³-hybridized carbons (Fsp3) is 0.733. The van der Waals surface area contributed by atoms with E-state index in [9.17, 15) is 0 Å². The summed E-state index contributed by atoms with van der Waals surface area (Å²) in [5.41, 5.74) is 33.2. The molecule has 0 nitrogen and oxygen atoms in total. The number of unbranched alkanes of at least 4 members (excludes halogenated alkanes) is 1. The molecule has 0 N–H and O–H groups in total. The standard InChI is InChI=1S/10C15H26/c6*1-12(2)7-5-8-14-9-6-10-15(14)11-13(3)4;1-12(2)8-5-6-9-14-10-7-11-15(14)13(3)4;3*1-12(2)8-10-14-6-5-7-15(14)11-9-13(3)4/h2*9-10,12-13H,5-8,11H2,1-4H3;2*6,10,12-13H,5,7-9,11H2,1-4H3;2*6,9,12-13H,5,7-8,10-11H2,1-4H3;7,11-13H,5-6,8-10H2,1-4H3;6-7,12-13H,5,8-11H2,1-4H3;2*5-6,12-13H,7-11H2,1-4H3. The first-order valence-electron chi connectivity index (χ1n) is 64.7. The second kappa shape index (κ2) is 85.9. The van der Waals surface area contributed by atoms with Gasteiger partial charge in [0.05, 0.1) is 0 Å². The predicted octanol–water partition coefficient (Wildman–Crippen LogP) is 51.2. The van der Waals surface area contributed by atoms with E-state index in [0.717, 1.165) is 112 Å². The molecule has 0 amide bonds. The lowest BCUT2D eigenvalue weighted by Crippen LogP contribution is -1.95. The van der Waals surface area contributed by atoms with Gasteiger partial charge in [-0.3, -0.25) is 0 Å². The fourth-order valence-electron chi connectivity index (χ4n) is 21.8. The number of rotatable bonds is 60. The van der Waals surface area contributed by atoms with Crippen molar-refractivity contribution < 1.29 is 0 Å². The van der Waals surface area contributed by atoms with Gasteiger partial charge in [0.2, 0.25) is 0 Å². The zero-order chi connectivity index (χ0) is 113. The van der Waals surface area contributed by atoms with Gasteiger partial charge in [0, 0.05) is 0 Å². The van der Waals surface area contributed by atoms with Crippen LogP contribution in [0.5, 0.6) is 0 Å². The molecule has 0 bridgehead atoms. The first-order valence-corrected chi connectivity index (χ1v) is 64.7. The predicted molar refractivity (Wildman–Crippen MR) is 689 cm³/mol. The zero-order valence-electron chi connectivity index (χ0n) is 108. The van der Waals surface area contributed by atoms with Crippen LogP contribution < -0.4 is 0 Å². The summed E-state index contributed by atoms with van der Waals surface area (Å²) in [6, 6.07) is 0. The molecule has 10 aliphatic carbocycles. The summed E-state index contributed by atoms with van der Waals surface area (Å²) >= 11 is 0. The lowest BCUT2D eigenvalue weighted by molar-refractivity contribution is 0.535. The van der Waals surface area contributed by atoms with Crippen molar-refractivity contribution in [2.45, 2.75) is 598 Å². The Labute approximate surface area is 942 Å². The third-order valence-corrected chi connectivity index (χ3v) is 30.7. The highest BCUT2D eigenvalue weighted by atomic mass is 14.3. The van der Waals surface area contributed by atoms with Gasteiger partial charge in [0.1, 0.15) is 0 Å². The van der Waals surface area contributed by atoms with Gasteiger partial charge in [-0.15, -0.1) is 0 Å². The molecule has 860 valence electrons. The van der Waals surface area contributed by atoms with Crippen molar-refractivity contribution in [1.82, 2.24) is 0 Å². The minimum absolute atomic E-state index is 0.712. The molecule has 10 aliphatic rings. The van der Waals surface area contributed by atoms with Crippen LogP contribution in [-0.2, 0) is 0 Å². The fourth-order valence-corrected chi connectivity index (χ4v) is 21.8. The van der Waals surface area contributed by atoms with E-state index in [4.69, 9.17) is 0 Å². The van der Waals surface area contributed by atoms with E-state index in [1.165, 1.54) is 321 Å². The van der Waals surface area contributed by atoms with Crippen LogP contribution >= 0.6 is 0 Å². The van der Waals surface area contributed by atoms with Gasteiger partial charge in [-0.25, -0.2) is 0 Å². The Morgan fingerprint density at radius 3 is 0.633 bits per heavy atom. The van der Waals surface area contributed by atoms with E-state index in [1.807, 2.05) is 0 Å². The molecule has 0 spiro atoms. The smallest absolute Gasteiger partial charge is 0.0130 e. The van der Waals surface area contributed by atoms with E-state index in [2.05, 4.69) is 398 Å². The molecule has 0 radical (unpaired) electrons. The van der Waals surface area contributed by atoms with Crippen molar-refractivity contribution in [3.05, 3.63) is 233 Å². The van der Waals surface area contributed by atoms with E-state index in [-0.39, 0.29) is 0 Å². The zero-order valence-corrected chi connectivity index (χ0v) is 108. The second-order valence-electron chi connectivity index (χ2n) is 55.9. The Morgan fingerprint density at radius 2 is 0.353 bits per heavy atom. The molecule has 150 heavy (non-hydrogen) atoms. The van der Waals surface area contributed by atoms with Crippen molar-refractivity contribution in [2.75, 3.05) is 0 Å². The van der Waals surface area contributed by atoms with Crippen molar-refractivity contribution in [1.29, 1.82) is 0 Å². The molecule has 0 fully saturated rings. The van der Waals surface area contributed by atoms with Gasteiger partial charge in [-0.05, 0) is 460 Å². The third-order valence-electron chi connectivity index (χ3n) is 30.7. The van der Waals surface area contributed by atoms with Gasteiger partial charge < -0.3 is 0 Å². The Balaban J connectivity index is 0.000000833. The Hall–Kier alpha value is -5.20. The van der Waals surface area contributed by atoms with Crippen LogP contribution in [0.4, 0.5) is 0 Å². The molecule has 0 saturated heterocycles. The Morgan fingerprint density at radius 1 is 0.147 bits per heavy atom. The Bertz CT molecular complexity index is 3960. The quantitative estimate of drug-likeness (QED) is 0.0533. The lowest BCUT2D eigenvalue weighted by Gasteiger charge is -2.12. The maximum Gasteiger partial charge on any atom is -0.0130 e. The Kier molecular flexibility index (Phi) is 81.7. The highest BCUT2D eigenvalue weighted by molar-refractivity contribution is 5.42. The summed E-state index contributed by atoms with van der Waals surface area (Å²) in [5.74, 6) is 16.5. The normalized spacial score (nSPS) is 16.1. The topological polar surface area (TPSA) is 0 Å². The molecule has 10 rings (SSSR count). The maximum absolute atomic E-state index is 2.43. The van der Waals surface area contributed by atoms with E-state index in [1.54, 1.807) is 111 Å². The van der Waals surface area contributed by atoms with Crippen LogP contribution in [-0.4, -0.2) is 0 Å². The van der Waals surface area contributed by atoms with Gasteiger partial charge in [-0.2, -0.15) is 0 Å². The van der Waals surface area contributed by atoms with E-state index >= 15 is 0 Å². The van der Waals surface area contributed by atoms with Crippen LogP contribution in [0.3, 0.4) is 0 Å². The average Bonchev–Trinajstić information content (AvgIpc) is 1.73. The monoisotopic (exact) mass is 2060 g/mol. The van der Waals surface area contributed by atoms with Crippen LogP contribution in [0.15, 0.2) is 233 Å². The number of allylic oxidation sites excluding steroid dienone is 40. The minimum atomic E-state index is 0.712. The molecule has 0 aromatic heterocycles. The third kappa shape index (κ3) is 74.9. The molecule has 0 aromatic carbocycles. The first-order chi connectivity index (χ1) is 70.9. The summed E-state index contributed by atoms with van der Waals surface area (Å²) in [6.07, 6.45) is 113. The van der Waals surface area contributed by atoms with Crippen LogP contribution in [0.25, 0.3) is 0 Å². The van der Waals surface area contributed by atoms with Crippen molar-refractivity contribution in [2.24, 2.45) is 118 Å². The molecule has 0 heteroatoms. The van der Waals surface area contributed by atoms with Gasteiger partial charge in [0.25, 0.3) is 0 Å². The molecule has 0 atom stereocenters. The van der Waals surface area contributed by atoms with Crippen LogP contribution in [0.2, 0.25) is 0 Å². The van der Waals surface area contributed by atoms with Crippen molar-refractivity contribution >= 4 is 0 Å². The van der Waals surface area contributed by atoms with E-state index in [0.29, 0.717) is 5.92 Å². The second-order valence-corrected chi connectivity index (χ2v) is 55.9. The minimum Gasteiger partial charge on any atom is -0.0802 e. The molecule has 0 unspecified atom stereocenters. The van der Waals surface area contributed by atoms with Gasteiger partial charge in [-0.1, -0.05) is 489 Å². The summed E-state index contributed by atoms with van der Waals surface area (Å²) in [7, 11) is 0. The van der Waals surface area contributed by atoms with Crippen molar-refractivity contribution in [3.63, 3.8) is 0 Å². The average molecular weight is 2060 g/mol. The lowest BCUT2D eigenvalue weighted by atomic mass is 9.94. The maximum atomic E-state index is 2.43. The SMILES string of the molecule is CC(C)CCC1=C(CCC(C)C)CC=C1.CC(C)CCC1=C(CCC(C)C)CC=C1.CC(C)CCC1=CCC=C1CCC(C)C.CC(C)CCCC1=C(CC(C)C)C=CC1.CC(C)CCCC1=C(CC(C)C)C=CC1.CC(C)CCCC1=C(CC(C)C)CC=C1.CC(C)CCCC1=C(CC(C)C)CC=C1.CC(C)CCCC1=CCC=C1CC(C)C.CC(C)CCCC1=CCC=C1CC(C)C.CC(C)CCCCC1=C(C(C)C)C=CC1. The highest BCUT2D eigenvalue weighted by Gasteiger charge is 2.22. The molecule has 0 aliphatic heterocycles. The molecular weight excluding hydrogens is 1800 g/mol. The number of hydrogen-bond donors (Lipinski definition) is 0. The highest BCUT2D eigenvalue weighted by Crippen LogP contribution is 2.40. The van der Waals surface area contributed by atoms with Gasteiger partial charge in [0.15, 0.2) is 0 Å². The number of hydrogen-bond acceptors (Lipinski definition) is 0. The molecule has 0 aromatic rings. The van der Waals surface area contributed by atoms with Crippen LogP contribution in [0.1, 0.15) is 598 Å². The molecular formula is C150H260. The molecule has 0 saturated carbocycles. The van der Waals surface area contributed by atoms with Gasteiger partial charge >= 0.3 is 0 Å².